The molecule has 0 aliphatic carbocycles. The number of aryl methyl sites for hydroxylation is 3. The summed E-state index contributed by atoms with van der Waals surface area (Å²) in [6, 6.07) is 5.90. The quantitative estimate of drug-likeness (QED) is 0.721. The van der Waals surface area contributed by atoms with Gasteiger partial charge in [0.2, 0.25) is 5.91 Å². The topological polar surface area (TPSA) is 87.2 Å². The van der Waals surface area contributed by atoms with Crippen molar-refractivity contribution in [3.8, 4) is 16.9 Å². The van der Waals surface area contributed by atoms with Gasteiger partial charge in [0, 0.05) is 23.4 Å². The molecule has 7 heteroatoms. The fourth-order valence-electron chi connectivity index (χ4n) is 3.10. The second-order valence-electron chi connectivity index (χ2n) is 6.21. The van der Waals surface area contributed by atoms with Crippen LogP contribution < -0.4 is 16.0 Å². The highest BCUT2D eigenvalue weighted by Gasteiger charge is 2.17. The molecule has 3 aromatic rings. The number of nitrogens with two attached hydrogens (primary N) is 1. The molecule has 1 aromatic carbocycles. The predicted octanol–water partition coefficient (Wildman–Crippen LogP) is 3.02. The standard InChI is InChI=1S/C19H21N3O3S/c1-11-9-13(6-7-14(11)25-3)16-12(2)26-18-17(16)19(24)22(10-21-18)8-4-5-15(20)23/h6-7,9-10H,4-5,8H2,1-3H3,(H2,20,23). The van der Waals surface area contributed by atoms with Crippen molar-refractivity contribution in [1.82, 2.24) is 9.55 Å². The van der Waals surface area contributed by atoms with Crippen molar-refractivity contribution < 1.29 is 9.53 Å². The molecular weight excluding hydrogens is 350 g/mol. The highest BCUT2D eigenvalue weighted by Crippen LogP contribution is 2.37. The van der Waals surface area contributed by atoms with Gasteiger partial charge in [-0.25, -0.2) is 4.98 Å². The van der Waals surface area contributed by atoms with Gasteiger partial charge in [0.1, 0.15) is 10.6 Å². The molecule has 0 saturated carbocycles. The molecule has 0 radical (unpaired) electrons. The summed E-state index contributed by atoms with van der Waals surface area (Å²) >= 11 is 1.51. The van der Waals surface area contributed by atoms with Gasteiger partial charge in [-0.1, -0.05) is 6.07 Å². The van der Waals surface area contributed by atoms with Crippen molar-refractivity contribution in [1.29, 1.82) is 0 Å². The zero-order valence-corrected chi connectivity index (χ0v) is 15.9. The maximum absolute atomic E-state index is 13.0. The summed E-state index contributed by atoms with van der Waals surface area (Å²) < 4.78 is 6.88. The minimum Gasteiger partial charge on any atom is -0.496 e. The molecule has 2 N–H and O–H groups in total. The maximum Gasteiger partial charge on any atom is 0.262 e. The lowest BCUT2D eigenvalue weighted by molar-refractivity contribution is -0.118. The van der Waals surface area contributed by atoms with Crippen molar-refractivity contribution in [3.63, 3.8) is 0 Å². The zero-order chi connectivity index (χ0) is 18.8. The number of hydrogen-bond donors (Lipinski definition) is 1. The molecule has 0 spiro atoms. The Hall–Kier alpha value is -2.67. The Morgan fingerprint density at radius 1 is 1.35 bits per heavy atom. The third-order valence-electron chi connectivity index (χ3n) is 4.36. The molecule has 0 aliphatic heterocycles. The summed E-state index contributed by atoms with van der Waals surface area (Å²) in [5.41, 5.74) is 7.98. The number of primary amides is 1. The van der Waals surface area contributed by atoms with Crippen LogP contribution in [0.15, 0.2) is 29.3 Å². The fourth-order valence-corrected chi connectivity index (χ4v) is 4.11. The van der Waals surface area contributed by atoms with Gasteiger partial charge in [0.25, 0.3) is 5.56 Å². The van der Waals surface area contributed by atoms with E-state index in [2.05, 4.69) is 4.98 Å². The number of amides is 1. The lowest BCUT2D eigenvalue weighted by Gasteiger charge is -2.09. The first-order chi connectivity index (χ1) is 12.4. The van der Waals surface area contributed by atoms with Crippen molar-refractivity contribution in [3.05, 3.63) is 45.3 Å². The number of benzene rings is 1. The van der Waals surface area contributed by atoms with Crippen LogP contribution in [0, 0.1) is 13.8 Å². The molecule has 0 bridgehead atoms. The van der Waals surface area contributed by atoms with E-state index in [-0.39, 0.29) is 17.9 Å². The van der Waals surface area contributed by atoms with Crippen LogP contribution in [0.25, 0.3) is 21.3 Å². The molecule has 2 heterocycles. The maximum atomic E-state index is 13.0. The third kappa shape index (κ3) is 3.35. The van der Waals surface area contributed by atoms with Gasteiger partial charge in [-0.3, -0.25) is 14.2 Å². The van der Waals surface area contributed by atoms with E-state index in [1.807, 2.05) is 32.0 Å². The zero-order valence-electron chi connectivity index (χ0n) is 15.0. The summed E-state index contributed by atoms with van der Waals surface area (Å²) in [7, 11) is 1.64. The molecule has 6 nitrogen and oxygen atoms in total. The van der Waals surface area contributed by atoms with Crippen molar-refractivity contribution in [2.45, 2.75) is 33.2 Å². The van der Waals surface area contributed by atoms with Crippen LogP contribution in [0.5, 0.6) is 5.75 Å². The van der Waals surface area contributed by atoms with Gasteiger partial charge in [0.05, 0.1) is 18.8 Å². The molecule has 0 aliphatic rings. The first-order valence-corrected chi connectivity index (χ1v) is 9.16. The van der Waals surface area contributed by atoms with E-state index in [0.717, 1.165) is 32.1 Å². The van der Waals surface area contributed by atoms with Crippen LogP contribution in [0.1, 0.15) is 23.3 Å². The molecular formula is C19H21N3O3S. The van der Waals surface area contributed by atoms with Gasteiger partial charge in [-0.15, -0.1) is 11.3 Å². The third-order valence-corrected chi connectivity index (χ3v) is 5.37. The second kappa shape index (κ2) is 7.29. The summed E-state index contributed by atoms with van der Waals surface area (Å²) in [6.45, 7) is 4.39. The molecule has 0 fully saturated rings. The smallest absolute Gasteiger partial charge is 0.262 e. The number of hydrogen-bond acceptors (Lipinski definition) is 5. The minimum absolute atomic E-state index is 0.0905. The number of aromatic nitrogens is 2. The Balaban J connectivity index is 2.10. The van der Waals surface area contributed by atoms with Crippen LogP contribution >= 0.6 is 11.3 Å². The molecule has 136 valence electrons. The normalized spacial score (nSPS) is 11.0. The first kappa shape index (κ1) is 18.1. The van der Waals surface area contributed by atoms with E-state index in [1.165, 1.54) is 11.3 Å². The van der Waals surface area contributed by atoms with Crippen LogP contribution in [-0.4, -0.2) is 22.6 Å². The summed E-state index contributed by atoms with van der Waals surface area (Å²) in [5.74, 6) is 0.445. The lowest BCUT2D eigenvalue weighted by atomic mass is 10.0. The first-order valence-electron chi connectivity index (χ1n) is 8.34. The molecule has 2 aromatic heterocycles. The molecule has 0 atom stereocenters. The van der Waals surface area contributed by atoms with Gasteiger partial charge in [0.15, 0.2) is 0 Å². The molecule has 0 unspecified atom stereocenters. The van der Waals surface area contributed by atoms with Gasteiger partial charge in [-0.2, -0.15) is 0 Å². The Morgan fingerprint density at radius 3 is 2.77 bits per heavy atom. The monoisotopic (exact) mass is 371 g/mol. The SMILES string of the molecule is COc1ccc(-c2c(C)sc3ncn(CCCC(N)=O)c(=O)c23)cc1C. The largest absolute Gasteiger partial charge is 0.496 e. The van der Waals surface area contributed by atoms with E-state index in [1.54, 1.807) is 18.0 Å². The highest BCUT2D eigenvalue weighted by molar-refractivity contribution is 7.19. The number of nitrogens with zero attached hydrogens (tertiary/aromatic N) is 2. The molecule has 1 amide bonds. The summed E-state index contributed by atoms with van der Waals surface area (Å²) in [5, 5.41) is 0.624. The van der Waals surface area contributed by atoms with Crippen molar-refractivity contribution in [2.75, 3.05) is 7.11 Å². The van der Waals surface area contributed by atoms with E-state index in [0.29, 0.717) is 18.4 Å². The average molecular weight is 371 g/mol. The highest BCUT2D eigenvalue weighted by atomic mass is 32.1. The molecule has 0 saturated heterocycles. The Kier molecular flexibility index (Phi) is 5.08. The van der Waals surface area contributed by atoms with Crippen LogP contribution in [0.2, 0.25) is 0 Å². The lowest BCUT2D eigenvalue weighted by Crippen LogP contribution is -2.21. The second-order valence-corrected chi connectivity index (χ2v) is 7.41. The Morgan fingerprint density at radius 2 is 2.12 bits per heavy atom. The van der Waals surface area contributed by atoms with Crippen LogP contribution in [0.4, 0.5) is 0 Å². The molecule has 26 heavy (non-hydrogen) atoms. The van der Waals surface area contributed by atoms with Gasteiger partial charge < -0.3 is 10.5 Å². The Labute approximate surface area is 155 Å². The van der Waals surface area contributed by atoms with Crippen molar-refractivity contribution >= 4 is 27.5 Å². The van der Waals surface area contributed by atoms with Crippen molar-refractivity contribution in [2.24, 2.45) is 5.73 Å². The van der Waals surface area contributed by atoms with Crippen LogP contribution in [-0.2, 0) is 11.3 Å². The number of carbonyl (C=O) groups excluding carboxylic acids is 1. The van der Waals surface area contributed by atoms with Crippen LogP contribution in [0.3, 0.4) is 0 Å². The van der Waals surface area contributed by atoms with Gasteiger partial charge in [-0.05, 0) is 43.5 Å². The van der Waals surface area contributed by atoms with Gasteiger partial charge >= 0.3 is 0 Å². The summed E-state index contributed by atoms with van der Waals surface area (Å²) in [6.07, 6.45) is 2.31. The fraction of sp³-hybridized carbons (Fsp3) is 0.316. The Bertz CT molecular complexity index is 1040. The molecule has 3 rings (SSSR count). The number of ether oxygens (including phenoxy) is 1. The average Bonchev–Trinajstić information content (AvgIpc) is 2.93. The van der Waals surface area contributed by atoms with E-state index in [9.17, 15) is 9.59 Å². The predicted molar refractivity (Wildman–Crippen MR) is 104 cm³/mol. The van der Waals surface area contributed by atoms with E-state index in [4.69, 9.17) is 10.5 Å². The number of rotatable bonds is 6. The van der Waals surface area contributed by atoms with E-state index >= 15 is 0 Å². The minimum atomic E-state index is -0.368. The number of thiophene rings is 1. The number of fused-ring (bicyclic) bond motifs is 1. The number of carbonyl (C=O) groups is 1. The number of methoxy groups -OCH3 is 1. The summed E-state index contributed by atoms with van der Waals surface area (Å²) in [4.78, 5) is 30.1. The van der Waals surface area contributed by atoms with E-state index < -0.39 is 0 Å².